The van der Waals surface area contributed by atoms with Gasteiger partial charge in [0.05, 0.1) is 12.6 Å². The van der Waals surface area contributed by atoms with E-state index < -0.39 is 0 Å². The Hall–Kier alpha value is -1.36. The van der Waals surface area contributed by atoms with Gasteiger partial charge in [0.1, 0.15) is 12.4 Å². The molecule has 2 aromatic rings. The zero-order valence-corrected chi connectivity index (χ0v) is 21.0. The molecule has 1 heterocycles. The van der Waals surface area contributed by atoms with Gasteiger partial charge in [-0.3, -0.25) is 4.99 Å². The minimum atomic E-state index is 0. The van der Waals surface area contributed by atoms with Crippen molar-refractivity contribution in [3.63, 3.8) is 0 Å². The van der Waals surface area contributed by atoms with Gasteiger partial charge >= 0.3 is 0 Å². The van der Waals surface area contributed by atoms with Crippen LogP contribution < -0.4 is 15.4 Å². The first kappa shape index (κ1) is 25.7. The highest BCUT2D eigenvalue weighted by Gasteiger charge is 2.15. The van der Waals surface area contributed by atoms with Crippen LogP contribution in [0.2, 0.25) is 0 Å². The number of hydrogen-bond acceptors (Lipinski definition) is 5. The first-order valence-corrected chi connectivity index (χ1v) is 10.3. The topological polar surface area (TPSA) is 58.1 Å². The Labute approximate surface area is 195 Å². The molecule has 8 heteroatoms. The maximum Gasteiger partial charge on any atom is 0.191 e. The summed E-state index contributed by atoms with van der Waals surface area (Å²) >= 11 is 1.77. The standard InChI is InChI=1S/C21H32N4O2S.HI/c1-16-8-9-17(19(13-16)27-11-10-26-5)14-23-21(22-2)24-15-18(25(3)4)20-7-6-12-28-20;/h6-9,12-13,18H,10-11,14-15H2,1-5H3,(H2,22,23,24);1H. The van der Waals surface area contributed by atoms with Crippen molar-refractivity contribution in [2.24, 2.45) is 4.99 Å². The Bertz CT molecular complexity index is 738. The molecule has 1 aromatic heterocycles. The maximum atomic E-state index is 5.87. The van der Waals surface area contributed by atoms with Gasteiger partial charge in [-0.1, -0.05) is 18.2 Å². The first-order chi connectivity index (χ1) is 13.5. The third-order valence-electron chi connectivity index (χ3n) is 4.40. The summed E-state index contributed by atoms with van der Waals surface area (Å²) in [4.78, 5) is 7.91. The minimum absolute atomic E-state index is 0. The van der Waals surface area contributed by atoms with Crippen LogP contribution in [0.4, 0.5) is 0 Å². The van der Waals surface area contributed by atoms with E-state index in [-0.39, 0.29) is 24.0 Å². The minimum Gasteiger partial charge on any atom is -0.491 e. The number of guanidine groups is 1. The van der Waals surface area contributed by atoms with E-state index in [2.05, 4.69) is 77.3 Å². The average Bonchev–Trinajstić information content (AvgIpc) is 3.20. The number of likely N-dealkylation sites (N-methyl/N-ethyl adjacent to an activating group) is 1. The van der Waals surface area contributed by atoms with Gasteiger partial charge in [0.25, 0.3) is 0 Å². The molecular formula is C21H33IN4O2S. The van der Waals surface area contributed by atoms with Crippen LogP contribution >= 0.6 is 35.3 Å². The van der Waals surface area contributed by atoms with Crippen molar-refractivity contribution in [1.82, 2.24) is 15.5 Å². The van der Waals surface area contributed by atoms with Gasteiger partial charge in [-0.15, -0.1) is 35.3 Å². The van der Waals surface area contributed by atoms with E-state index in [9.17, 15) is 0 Å². The Morgan fingerprint density at radius 1 is 1.21 bits per heavy atom. The van der Waals surface area contributed by atoms with E-state index >= 15 is 0 Å². The van der Waals surface area contributed by atoms with Gasteiger partial charge in [0.2, 0.25) is 0 Å². The molecule has 0 radical (unpaired) electrons. The van der Waals surface area contributed by atoms with Crippen LogP contribution in [0.15, 0.2) is 40.7 Å². The predicted molar refractivity (Wildman–Crippen MR) is 133 cm³/mol. The van der Waals surface area contributed by atoms with Crippen LogP contribution in [0, 0.1) is 6.92 Å². The van der Waals surface area contributed by atoms with Gasteiger partial charge in [-0.05, 0) is 44.1 Å². The van der Waals surface area contributed by atoms with E-state index in [0.29, 0.717) is 25.8 Å². The summed E-state index contributed by atoms with van der Waals surface area (Å²) in [5, 5.41) is 8.94. The number of aliphatic imine (C=N–C) groups is 1. The first-order valence-electron chi connectivity index (χ1n) is 9.40. The fraction of sp³-hybridized carbons (Fsp3) is 0.476. The molecule has 1 aromatic carbocycles. The summed E-state index contributed by atoms with van der Waals surface area (Å²) in [6, 6.07) is 10.8. The zero-order chi connectivity index (χ0) is 20.4. The molecule has 0 aliphatic heterocycles. The summed E-state index contributed by atoms with van der Waals surface area (Å²) < 4.78 is 11.0. The molecule has 0 aliphatic carbocycles. The third kappa shape index (κ3) is 8.49. The summed E-state index contributed by atoms with van der Waals surface area (Å²) in [6.07, 6.45) is 0. The summed E-state index contributed by atoms with van der Waals surface area (Å²) in [6.45, 7) is 4.57. The Balaban J connectivity index is 0.00000420. The Kier molecular flexibility index (Phi) is 12.2. The van der Waals surface area contributed by atoms with Gasteiger partial charge in [0.15, 0.2) is 5.96 Å². The zero-order valence-electron chi connectivity index (χ0n) is 17.9. The van der Waals surface area contributed by atoms with E-state index in [1.54, 1.807) is 25.5 Å². The monoisotopic (exact) mass is 532 g/mol. The lowest BCUT2D eigenvalue weighted by molar-refractivity contribution is 0.145. The smallest absolute Gasteiger partial charge is 0.191 e. The van der Waals surface area contributed by atoms with Crippen LogP contribution in [-0.2, 0) is 11.3 Å². The molecule has 0 fully saturated rings. The fourth-order valence-electron chi connectivity index (χ4n) is 2.79. The molecule has 6 nitrogen and oxygen atoms in total. The van der Waals surface area contributed by atoms with Crippen LogP contribution in [-0.4, -0.2) is 58.9 Å². The number of hydrogen-bond donors (Lipinski definition) is 2. The van der Waals surface area contributed by atoms with E-state index in [1.807, 2.05) is 0 Å². The maximum absolute atomic E-state index is 5.87. The van der Waals surface area contributed by atoms with Crippen molar-refractivity contribution in [2.45, 2.75) is 19.5 Å². The van der Waals surface area contributed by atoms with Crippen LogP contribution in [0.3, 0.4) is 0 Å². The van der Waals surface area contributed by atoms with Crippen LogP contribution in [0.1, 0.15) is 22.0 Å². The lowest BCUT2D eigenvalue weighted by Crippen LogP contribution is -2.41. The second kappa shape index (κ2) is 13.8. The number of nitrogens with zero attached hydrogens (tertiary/aromatic N) is 2. The Morgan fingerprint density at radius 3 is 2.62 bits per heavy atom. The second-order valence-corrected chi connectivity index (χ2v) is 7.73. The molecule has 2 N–H and O–H groups in total. The van der Waals surface area contributed by atoms with Gasteiger partial charge in [-0.25, -0.2) is 0 Å². The van der Waals surface area contributed by atoms with E-state index in [0.717, 1.165) is 23.8 Å². The molecule has 1 unspecified atom stereocenters. The number of aryl methyl sites for hydroxylation is 1. The highest BCUT2D eigenvalue weighted by atomic mass is 127. The lowest BCUT2D eigenvalue weighted by atomic mass is 10.1. The number of benzene rings is 1. The number of methoxy groups -OCH3 is 1. The number of nitrogens with one attached hydrogen (secondary N) is 2. The predicted octanol–water partition coefficient (Wildman–Crippen LogP) is 3.67. The van der Waals surface area contributed by atoms with Crippen molar-refractivity contribution in [2.75, 3.05) is 48.0 Å². The molecular weight excluding hydrogens is 499 g/mol. The van der Waals surface area contributed by atoms with Gasteiger partial charge < -0.3 is 25.0 Å². The molecule has 0 amide bonds. The normalized spacial score (nSPS) is 12.4. The summed E-state index contributed by atoms with van der Waals surface area (Å²) in [7, 11) is 7.65. The molecule has 162 valence electrons. The van der Waals surface area contributed by atoms with Crippen molar-refractivity contribution >= 4 is 41.3 Å². The van der Waals surface area contributed by atoms with Crippen molar-refractivity contribution in [3.8, 4) is 5.75 Å². The fourth-order valence-corrected chi connectivity index (χ4v) is 3.71. The molecule has 0 spiro atoms. The van der Waals surface area contributed by atoms with E-state index in [1.165, 1.54) is 10.4 Å². The Morgan fingerprint density at radius 2 is 2.00 bits per heavy atom. The summed E-state index contributed by atoms with van der Waals surface area (Å²) in [5.74, 6) is 1.65. The molecule has 2 rings (SSSR count). The van der Waals surface area contributed by atoms with Gasteiger partial charge in [0, 0.05) is 37.7 Å². The average molecular weight is 532 g/mol. The lowest BCUT2D eigenvalue weighted by Gasteiger charge is -2.24. The van der Waals surface area contributed by atoms with Crippen LogP contribution in [0.5, 0.6) is 5.75 Å². The molecule has 29 heavy (non-hydrogen) atoms. The highest BCUT2D eigenvalue weighted by Crippen LogP contribution is 2.22. The molecule has 0 saturated carbocycles. The van der Waals surface area contributed by atoms with Gasteiger partial charge in [-0.2, -0.15) is 0 Å². The van der Waals surface area contributed by atoms with Crippen molar-refractivity contribution < 1.29 is 9.47 Å². The second-order valence-electron chi connectivity index (χ2n) is 6.75. The number of ether oxygens (including phenoxy) is 2. The quantitative estimate of drug-likeness (QED) is 0.212. The molecule has 0 aliphatic rings. The number of halogens is 1. The number of rotatable bonds is 10. The summed E-state index contributed by atoms with van der Waals surface area (Å²) in [5.41, 5.74) is 2.26. The molecule has 0 bridgehead atoms. The third-order valence-corrected chi connectivity index (χ3v) is 5.37. The van der Waals surface area contributed by atoms with Crippen LogP contribution in [0.25, 0.3) is 0 Å². The number of thiophene rings is 1. The van der Waals surface area contributed by atoms with Crippen molar-refractivity contribution in [3.05, 3.63) is 51.7 Å². The SMILES string of the molecule is CN=C(NCc1ccc(C)cc1OCCOC)NCC(c1cccs1)N(C)C.I. The molecule has 1 atom stereocenters. The molecule has 0 saturated heterocycles. The van der Waals surface area contributed by atoms with E-state index in [4.69, 9.17) is 9.47 Å². The van der Waals surface area contributed by atoms with Crippen molar-refractivity contribution in [1.29, 1.82) is 0 Å². The largest absolute Gasteiger partial charge is 0.491 e. The highest BCUT2D eigenvalue weighted by molar-refractivity contribution is 14.0.